The Bertz CT molecular complexity index is 921. The molecule has 2 N–H and O–H groups in total. The number of rotatable bonds is 7. The van der Waals surface area contributed by atoms with Crippen LogP contribution < -0.4 is 15.5 Å². The van der Waals surface area contributed by atoms with E-state index in [4.69, 9.17) is 0 Å². The van der Waals surface area contributed by atoms with Crippen LogP contribution in [-0.2, 0) is 0 Å². The smallest absolute Gasteiger partial charge is 0.269 e. The molecule has 2 amide bonds. The fraction of sp³-hybridized carbons (Fsp3) is 0.364. The summed E-state index contributed by atoms with van der Waals surface area (Å²) in [5.74, 6) is -0.556. The van der Waals surface area contributed by atoms with Gasteiger partial charge in [0, 0.05) is 48.7 Å². The van der Waals surface area contributed by atoms with Gasteiger partial charge in [0.2, 0.25) is 0 Å². The van der Waals surface area contributed by atoms with E-state index >= 15 is 0 Å². The fourth-order valence-corrected chi connectivity index (χ4v) is 3.48. The summed E-state index contributed by atoms with van der Waals surface area (Å²) in [6.45, 7) is 4.38. The molecule has 0 aliphatic carbocycles. The molecule has 1 saturated heterocycles. The number of nitrogens with zero attached hydrogens (tertiary/aromatic N) is 2. The minimum Gasteiger partial charge on any atom is -0.371 e. The standard InChI is InChI=1S/C22H26N4O4/c1-2-12-23-22(28)19-15-17(8-11-20(19)25-13-4-3-5-14-25)24-21(27)16-6-9-18(10-7-16)26(29)30/h6-11,15H,2-5,12-14H2,1H3,(H,23,28)(H,24,27). The molecule has 3 rings (SSSR count). The number of anilines is 2. The first-order valence-electron chi connectivity index (χ1n) is 10.2. The van der Waals surface area contributed by atoms with Gasteiger partial charge < -0.3 is 15.5 Å². The van der Waals surface area contributed by atoms with Gasteiger partial charge in [-0.25, -0.2) is 0 Å². The summed E-state index contributed by atoms with van der Waals surface area (Å²) in [6.07, 6.45) is 4.21. The maximum absolute atomic E-state index is 12.8. The number of nitrogens with one attached hydrogen (secondary N) is 2. The maximum atomic E-state index is 12.8. The van der Waals surface area contributed by atoms with Gasteiger partial charge in [0.1, 0.15) is 0 Å². The van der Waals surface area contributed by atoms with Crippen molar-refractivity contribution >= 4 is 28.9 Å². The lowest BCUT2D eigenvalue weighted by atomic mass is 10.1. The third-order valence-corrected chi connectivity index (χ3v) is 5.07. The molecule has 0 bridgehead atoms. The highest BCUT2D eigenvalue weighted by Crippen LogP contribution is 2.27. The lowest BCUT2D eigenvalue weighted by Gasteiger charge is -2.30. The van der Waals surface area contributed by atoms with Crippen molar-refractivity contribution in [3.05, 3.63) is 63.7 Å². The summed E-state index contributed by atoms with van der Waals surface area (Å²) in [5.41, 5.74) is 2.13. The number of piperidine rings is 1. The lowest BCUT2D eigenvalue weighted by molar-refractivity contribution is -0.384. The zero-order valence-corrected chi connectivity index (χ0v) is 17.0. The van der Waals surface area contributed by atoms with E-state index in [-0.39, 0.29) is 11.6 Å². The number of hydrogen-bond donors (Lipinski definition) is 2. The first-order chi connectivity index (χ1) is 14.5. The molecule has 1 heterocycles. The predicted molar refractivity (Wildman–Crippen MR) is 116 cm³/mol. The summed E-state index contributed by atoms with van der Waals surface area (Å²) < 4.78 is 0. The normalized spacial score (nSPS) is 13.6. The monoisotopic (exact) mass is 410 g/mol. The molecule has 0 aromatic heterocycles. The summed E-state index contributed by atoms with van der Waals surface area (Å²) in [7, 11) is 0. The minimum absolute atomic E-state index is 0.0766. The largest absolute Gasteiger partial charge is 0.371 e. The third-order valence-electron chi connectivity index (χ3n) is 5.07. The van der Waals surface area contributed by atoms with Crippen molar-refractivity contribution in [3.63, 3.8) is 0 Å². The number of non-ortho nitro benzene ring substituents is 1. The van der Waals surface area contributed by atoms with Crippen molar-refractivity contribution in [2.45, 2.75) is 32.6 Å². The number of amides is 2. The summed E-state index contributed by atoms with van der Waals surface area (Å²) in [5, 5.41) is 16.5. The number of benzene rings is 2. The average molecular weight is 410 g/mol. The average Bonchev–Trinajstić information content (AvgIpc) is 2.78. The summed E-state index contributed by atoms with van der Waals surface area (Å²) >= 11 is 0. The van der Waals surface area contributed by atoms with Crippen molar-refractivity contribution < 1.29 is 14.5 Å². The summed E-state index contributed by atoms with van der Waals surface area (Å²) in [4.78, 5) is 37.8. The lowest BCUT2D eigenvalue weighted by Crippen LogP contribution is -2.33. The third kappa shape index (κ3) is 5.14. The Labute approximate surface area is 175 Å². The van der Waals surface area contributed by atoms with Crippen LogP contribution in [0.25, 0.3) is 0 Å². The van der Waals surface area contributed by atoms with Crippen LogP contribution in [0.2, 0.25) is 0 Å². The van der Waals surface area contributed by atoms with E-state index in [0.717, 1.165) is 38.0 Å². The van der Waals surface area contributed by atoms with Gasteiger partial charge in [-0.3, -0.25) is 19.7 Å². The molecular formula is C22H26N4O4. The van der Waals surface area contributed by atoms with Gasteiger partial charge in [-0.1, -0.05) is 6.92 Å². The van der Waals surface area contributed by atoms with Crippen molar-refractivity contribution in [2.24, 2.45) is 0 Å². The van der Waals surface area contributed by atoms with E-state index in [2.05, 4.69) is 15.5 Å². The van der Waals surface area contributed by atoms with E-state index < -0.39 is 10.8 Å². The first kappa shape index (κ1) is 21.3. The molecule has 8 heteroatoms. The number of carbonyl (C=O) groups excluding carboxylic acids is 2. The Kier molecular flexibility index (Phi) is 7.00. The second-order valence-electron chi connectivity index (χ2n) is 7.29. The number of nitro benzene ring substituents is 1. The number of hydrogen-bond acceptors (Lipinski definition) is 5. The Morgan fingerprint density at radius 1 is 1.03 bits per heavy atom. The van der Waals surface area contributed by atoms with Gasteiger partial charge in [-0.05, 0) is 56.0 Å². The van der Waals surface area contributed by atoms with Crippen LogP contribution in [0.4, 0.5) is 17.1 Å². The molecule has 0 unspecified atom stereocenters. The molecule has 2 aromatic rings. The SMILES string of the molecule is CCCNC(=O)c1cc(NC(=O)c2ccc([N+](=O)[O-])cc2)ccc1N1CCCCC1. The Hall–Kier alpha value is -3.42. The maximum Gasteiger partial charge on any atom is 0.269 e. The molecule has 0 spiro atoms. The van der Waals surface area contributed by atoms with Gasteiger partial charge in [0.15, 0.2) is 0 Å². The van der Waals surface area contributed by atoms with E-state index in [9.17, 15) is 19.7 Å². The van der Waals surface area contributed by atoms with E-state index in [1.54, 1.807) is 12.1 Å². The van der Waals surface area contributed by atoms with Crippen LogP contribution in [-0.4, -0.2) is 36.4 Å². The number of nitro groups is 1. The highest BCUT2D eigenvalue weighted by atomic mass is 16.6. The quantitative estimate of drug-likeness (QED) is 0.531. The molecule has 0 atom stereocenters. The van der Waals surface area contributed by atoms with Crippen LogP contribution in [0, 0.1) is 10.1 Å². The van der Waals surface area contributed by atoms with Crippen LogP contribution >= 0.6 is 0 Å². The highest BCUT2D eigenvalue weighted by molar-refractivity contribution is 6.06. The molecule has 0 saturated carbocycles. The Morgan fingerprint density at radius 3 is 2.37 bits per heavy atom. The van der Waals surface area contributed by atoms with Crippen molar-refractivity contribution in [2.75, 3.05) is 29.9 Å². The topological polar surface area (TPSA) is 105 Å². The second kappa shape index (κ2) is 9.87. The molecule has 8 nitrogen and oxygen atoms in total. The van der Waals surface area contributed by atoms with E-state index in [1.165, 1.54) is 30.7 Å². The van der Waals surface area contributed by atoms with Crippen LogP contribution in [0.1, 0.15) is 53.3 Å². The van der Waals surface area contributed by atoms with Gasteiger partial charge in [0.25, 0.3) is 17.5 Å². The van der Waals surface area contributed by atoms with E-state index in [1.807, 2.05) is 13.0 Å². The molecule has 1 fully saturated rings. The minimum atomic E-state index is -0.512. The molecule has 2 aromatic carbocycles. The zero-order chi connectivity index (χ0) is 21.5. The van der Waals surface area contributed by atoms with Crippen LogP contribution in [0.15, 0.2) is 42.5 Å². The van der Waals surface area contributed by atoms with Gasteiger partial charge in [-0.15, -0.1) is 0 Å². The molecule has 1 aliphatic heterocycles. The molecule has 0 radical (unpaired) electrons. The van der Waals surface area contributed by atoms with Crippen molar-refractivity contribution in [3.8, 4) is 0 Å². The van der Waals surface area contributed by atoms with Gasteiger partial charge >= 0.3 is 0 Å². The van der Waals surface area contributed by atoms with Crippen LogP contribution in [0.5, 0.6) is 0 Å². The zero-order valence-electron chi connectivity index (χ0n) is 17.0. The predicted octanol–water partition coefficient (Wildman–Crippen LogP) is 3.98. The van der Waals surface area contributed by atoms with Gasteiger partial charge in [-0.2, -0.15) is 0 Å². The van der Waals surface area contributed by atoms with Crippen molar-refractivity contribution in [1.29, 1.82) is 0 Å². The fourth-order valence-electron chi connectivity index (χ4n) is 3.48. The van der Waals surface area contributed by atoms with Crippen molar-refractivity contribution in [1.82, 2.24) is 5.32 Å². The number of carbonyl (C=O) groups is 2. The first-order valence-corrected chi connectivity index (χ1v) is 10.2. The summed E-state index contributed by atoms with van der Waals surface area (Å²) in [6, 6.07) is 10.7. The van der Waals surface area contributed by atoms with E-state index in [0.29, 0.717) is 23.4 Å². The molecule has 158 valence electrons. The Morgan fingerprint density at radius 2 is 1.73 bits per heavy atom. The molecule has 1 aliphatic rings. The Balaban J connectivity index is 1.82. The molecular weight excluding hydrogens is 384 g/mol. The second-order valence-corrected chi connectivity index (χ2v) is 7.29. The van der Waals surface area contributed by atoms with Crippen LogP contribution in [0.3, 0.4) is 0 Å². The molecule has 30 heavy (non-hydrogen) atoms. The highest BCUT2D eigenvalue weighted by Gasteiger charge is 2.20. The van der Waals surface area contributed by atoms with Gasteiger partial charge in [0.05, 0.1) is 10.5 Å².